The van der Waals surface area contributed by atoms with Gasteiger partial charge in [-0.1, -0.05) is 12.1 Å². The molecule has 1 unspecified atom stereocenters. The number of halogens is 3. The van der Waals surface area contributed by atoms with Crippen molar-refractivity contribution in [2.24, 2.45) is 0 Å². The van der Waals surface area contributed by atoms with Crippen molar-refractivity contribution in [1.82, 2.24) is 9.97 Å². The van der Waals surface area contributed by atoms with Crippen molar-refractivity contribution < 1.29 is 8.78 Å². The lowest BCUT2D eigenvalue weighted by Crippen LogP contribution is -2.08. The summed E-state index contributed by atoms with van der Waals surface area (Å²) in [5.41, 5.74) is 1.03. The fraction of sp³-hybridized carbons (Fsp3) is 0.167. The first-order valence-electron chi connectivity index (χ1n) is 5.21. The van der Waals surface area contributed by atoms with Crippen molar-refractivity contribution in [3.63, 3.8) is 0 Å². The Kier molecular flexibility index (Phi) is 3.86. The van der Waals surface area contributed by atoms with Crippen molar-refractivity contribution in [1.29, 1.82) is 0 Å². The minimum Gasteiger partial charge on any atom is -0.321 e. The Hall–Kier alpha value is -1.56. The lowest BCUT2D eigenvalue weighted by atomic mass is 10.2. The maximum atomic E-state index is 13.9. The average molecular weight is 314 g/mol. The zero-order chi connectivity index (χ0) is 13.1. The van der Waals surface area contributed by atoms with Crippen LogP contribution in [0.15, 0.2) is 34.9 Å². The van der Waals surface area contributed by atoms with Crippen molar-refractivity contribution in [2.75, 3.05) is 5.32 Å². The highest BCUT2D eigenvalue weighted by Gasteiger charge is 2.11. The summed E-state index contributed by atoms with van der Waals surface area (Å²) in [7, 11) is 0. The summed E-state index contributed by atoms with van der Waals surface area (Å²) in [4.78, 5) is 8.01. The second-order valence-corrected chi connectivity index (χ2v) is 4.54. The molecule has 0 spiro atoms. The summed E-state index contributed by atoms with van der Waals surface area (Å²) in [5.74, 6) is -0.214. The molecule has 0 saturated carbocycles. The van der Waals surface area contributed by atoms with Gasteiger partial charge in [0, 0.05) is 11.8 Å². The summed E-state index contributed by atoms with van der Waals surface area (Å²) in [6.45, 7) is 1.78. The predicted octanol–water partition coefficient (Wildman–Crippen LogP) is 3.77. The third-order valence-electron chi connectivity index (χ3n) is 2.34. The van der Waals surface area contributed by atoms with Crippen molar-refractivity contribution in [3.05, 3.63) is 52.0 Å². The lowest BCUT2D eigenvalue weighted by Gasteiger charge is -2.11. The van der Waals surface area contributed by atoms with E-state index >= 15 is 0 Å². The first-order valence-corrected chi connectivity index (χ1v) is 6.01. The summed E-state index contributed by atoms with van der Waals surface area (Å²) in [5, 5.41) is 2.51. The maximum absolute atomic E-state index is 13.9. The SMILES string of the molecule is Cc1nc(NC(F)c2ccc(F)cc2)ncc1Br. The molecular weight excluding hydrogens is 304 g/mol. The number of nitrogens with zero attached hydrogens (tertiary/aromatic N) is 2. The van der Waals surface area contributed by atoms with E-state index in [0.29, 0.717) is 11.3 Å². The van der Waals surface area contributed by atoms with E-state index in [1.54, 1.807) is 13.1 Å². The number of aryl methyl sites for hydroxylation is 1. The van der Waals surface area contributed by atoms with Gasteiger partial charge in [-0.2, -0.15) is 0 Å². The second kappa shape index (κ2) is 5.39. The summed E-state index contributed by atoms with van der Waals surface area (Å²) in [6, 6.07) is 5.16. The lowest BCUT2D eigenvalue weighted by molar-refractivity contribution is 0.383. The van der Waals surface area contributed by atoms with Gasteiger partial charge in [0.05, 0.1) is 10.2 Å². The first kappa shape index (κ1) is 12.9. The number of rotatable bonds is 3. The highest BCUT2D eigenvalue weighted by molar-refractivity contribution is 9.10. The first-order chi connectivity index (χ1) is 8.56. The van der Waals surface area contributed by atoms with Gasteiger partial charge in [-0.05, 0) is 35.0 Å². The van der Waals surface area contributed by atoms with Crippen LogP contribution >= 0.6 is 15.9 Å². The van der Waals surface area contributed by atoms with Crippen LogP contribution in [0.5, 0.6) is 0 Å². The summed E-state index contributed by atoms with van der Waals surface area (Å²) >= 11 is 3.26. The molecule has 2 aromatic rings. The minimum absolute atomic E-state index is 0.188. The Bertz CT molecular complexity index is 546. The monoisotopic (exact) mass is 313 g/mol. The van der Waals surface area contributed by atoms with Crippen molar-refractivity contribution >= 4 is 21.9 Å². The van der Waals surface area contributed by atoms with Crippen LogP contribution in [0, 0.1) is 12.7 Å². The minimum atomic E-state index is -1.48. The number of aromatic nitrogens is 2. The number of benzene rings is 1. The Labute approximate surface area is 111 Å². The number of alkyl halides is 1. The number of hydrogen-bond acceptors (Lipinski definition) is 3. The van der Waals surface area contributed by atoms with Gasteiger partial charge in [0.25, 0.3) is 0 Å². The molecule has 0 aliphatic heterocycles. The smallest absolute Gasteiger partial charge is 0.225 e. The predicted molar refractivity (Wildman–Crippen MR) is 68.3 cm³/mol. The van der Waals surface area contributed by atoms with Gasteiger partial charge in [0.1, 0.15) is 5.82 Å². The van der Waals surface area contributed by atoms with E-state index in [-0.39, 0.29) is 5.95 Å². The number of nitrogens with one attached hydrogen (secondary N) is 1. The van der Waals surface area contributed by atoms with Gasteiger partial charge in [-0.25, -0.2) is 18.7 Å². The third-order valence-corrected chi connectivity index (χ3v) is 3.12. The van der Waals surface area contributed by atoms with Gasteiger partial charge in [-0.3, -0.25) is 0 Å². The molecule has 0 aliphatic rings. The van der Waals surface area contributed by atoms with Crippen LogP contribution < -0.4 is 5.32 Å². The molecule has 1 N–H and O–H groups in total. The third kappa shape index (κ3) is 3.01. The molecule has 0 bridgehead atoms. The molecule has 0 amide bonds. The Morgan fingerprint density at radius 2 is 1.94 bits per heavy atom. The molecule has 1 heterocycles. The number of hydrogen-bond donors (Lipinski definition) is 1. The molecule has 18 heavy (non-hydrogen) atoms. The van der Waals surface area contributed by atoms with E-state index < -0.39 is 12.1 Å². The van der Waals surface area contributed by atoms with E-state index in [4.69, 9.17) is 0 Å². The topological polar surface area (TPSA) is 37.8 Å². The Morgan fingerprint density at radius 1 is 1.28 bits per heavy atom. The van der Waals surface area contributed by atoms with Crippen LogP contribution in [0.3, 0.4) is 0 Å². The van der Waals surface area contributed by atoms with Crippen LogP contribution in [0.4, 0.5) is 14.7 Å². The maximum Gasteiger partial charge on any atom is 0.225 e. The quantitative estimate of drug-likeness (QED) is 0.877. The molecule has 2 rings (SSSR count). The van der Waals surface area contributed by atoms with Crippen LogP contribution in [0.2, 0.25) is 0 Å². The van der Waals surface area contributed by atoms with E-state index in [1.807, 2.05) is 0 Å². The normalized spacial score (nSPS) is 12.2. The molecule has 1 aromatic heterocycles. The van der Waals surface area contributed by atoms with E-state index in [9.17, 15) is 8.78 Å². The fourth-order valence-corrected chi connectivity index (χ4v) is 1.54. The molecular formula is C12H10BrF2N3. The molecule has 0 aliphatic carbocycles. The molecule has 3 nitrogen and oxygen atoms in total. The molecule has 94 valence electrons. The van der Waals surface area contributed by atoms with Gasteiger partial charge in [0.15, 0.2) is 6.30 Å². The molecule has 0 saturated heterocycles. The van der Waals surface area contributed by atoms with E-state index in [0.717, 1.165) is 4.47 Å². The largest absolute Gasteiger partial charge is 0.321 e. The fourth-order valence-electron chi connectivity index (χ4n) is 1.35. The molecule has 1 aromatic carbocycles. The van der Waals surface area contributed by atoms with Gasteiger partial charge < -0.3 is 5.32 Å². The van der Waals surface area contributed by atoms with E-state index in [2.05, 4.69) is 31.2 Å². The zero-order valence-corrected chi connectivity index (χ0v) is 11.1. The van der Waals surface area contributed by atoms with Crippen molar-refractivity contribution in [2.45, 2.75) is 13.2 Å². The van der Waals surface area contributed by atoms with Gasteiger partial charge >= 0.3 is 0 Å². The molecule has 6 heteroatoms. The summed E-state index contributed by atoms with van der Waals surface area (Å²) < 4.78 is 27.3. The van der Waals surface area contributed by atoms with Crippen LogP contribution in [-0.4, -0.2) is 9.97 Å². The van der Waals surface area contributed by atoms with Gasteiger partial charge in [0.2, 0.25) is 5.95 Å². The molecule has 1 atom stereocenters. The Morgan fingerprint density at radius 3 is 2.56 bits per heavy atom. The molecule has 0 fully saturated rings. The average Bonchev–Trinajstić information content (AvgIpc) is 2.34. The molecule has 0 radical (unpaired) electrons. The standard InChI is InChI=1S/C12H10BrF2N3/c1-7-10(13)6-16-12(17-7)18-11(15)8-2-4-9(14)5-3-8/h2-6,11H,1H3,(H,16,17,18). The van der Waals surface area contributed by atoms with Crippen LogP contribution in [0.1, 0.15) is 17.6 Å². The van der Waals surface area contributed by atoms with Crippen LogP contribution in [-0.2, 0) is 0 Å². The van der Waals surface area contributed by atoms with E-state index in [1.165, 1.54) is 24.3 Å². The second-order valence-electron chi connectivity index (χ2n) is 3.69. The summed E-state index contributed by atoms with van der Waals surface area (Å²) in [6.07, 6.45) is 0.0633. The Balaban J connectivity index is 2.13. The highest BCUT2D eigenvalue weighted by atomic mass is 79.9. The van der Waals surface area contributed by atoms with Crippen molar-refractivity contribution in [3.8, 4) is 0 Å². The number of anilines is 1. The van der Waals surface area contributed by atoms with Gasteiger partial charge in [-0.15, -0.1) is 0 Å². The van der Waals surface area contributed by atoms with Crippen LogP contribution in [0.25, 0.3) is 0 Å². The highest BCUT2D eigenvalue weighted by Crippen LogP contribution is 2.20. The zero-order valence-electron chi connectivity index (χ0n) is 9.49.